The van der Waals surface area contributed by atoms with Crippen molar-refractivity contribution in [2.24, 2.45) is 0 Å². The molecule has 148 valence electrons. The highest BCUT2D eigenvalue weighted by molar-refractivity contribution is 6.01. The van der Waals surface area contributed by atoms with Crippen LogP contribution in [0.1, 0.15) is 65.7 Å². The lowest BCUT2D eigenvalue weighted by molar-refractivity contribution is 0.0915. The van der Waals surface area contributed by atoms with Crippen molar-refractivity contribution in [3.05, 3.63) is 56.4 Å². The number of rotatable bonds is 7. The highest BCUT2D eigenvalue weighted by Crippen LogP contribution is 2.28. The average molecular weight is 382 g/mol. The Morgan fingerprint density at radius 2 is 2.00 bits per heavy atom. The Morgan fingerprint density at radius 1 is 1.32 bits per heavy atom. The van der Waals surface area contributed by atoms with E-state index in [0.29, 0.717) is 12.2 Å². The summed E-state index contributed by atoms with van der Waals surface area (Å²) in [5.41, 5.74) is 1.41. The van der Waals surface area contributed by atoms with Crippen molar-refractivity contribution in [1.29, 1.82) is 5.26 Å². The quantitative estimate of drug-likeness (QED) is 0.735. The van der Waals surface area contributed by atoms with Gasteiger partial charge in [0.05, 0.1) is 5.56 Å². The lowest BCUT2D eigenvalue weighted by atomic mass is 10.00. The zero-order chi connectivity index (χ0) is 21.0. The molecule has 0 aliphatic heterocycles. The van der Waals surface area contributed by atoms with E-state index in [1.807, 2.05) is 52.0 Å². The molecule has 0 saturated carbocycles. The Labute approximate surface area is 165 Å². The first kappa shape index (κ1) is 21.2. The number of hydrogen-bond donors (Lipinski definition) is 1. The molecule has 1 heterocycles. The fraction of sp³-hybridized carbons (Fsp3) is 0.409. The maximum atomic E-state index is 12.9. The van der Waals surface area contributed by atoms with E-state index in [2.05, 4.69) is 0 Å². The Balaban J connectivity index is 2.43. The van der Waals surface area contributed by atoms with Gasteiger partial charge < -0.3 is 9.84 Å². The topological polar surface area (TPSA) is 92.3 Å². The van der Waals surface area contributed by atoms with E-state index in [-0.39, 0.29) is 35.8 Å². The first-order chi connectivity index (χ1) is 13.2. The van der Waals surface area contributed by atoms with Gasteiger partial charge in [0.15, 0.2) is 6.61 Å². The minimum absolute atomic E-state index is 0.0386. The van der Waals surface area contributed by atoms with Gasteiger partial charge >= 0.3 is 0 Å². The maximum Gasteiger partial charge on any atom is 0.271 e. The van der Waals surface area contributed by atoms with Crippen molar-refractivity contribution >= 4 is 5.78 Å². The van der Waals surface area contributed by atoms with E-state index in [1.54, 1.807) is 0 Å². The summed E-state index contributed by atoms with van der Waals surface area (Å²) in [5, 5.41) is 19.9. The van der Waals surface area contributed by atoms with E-state index in [1.165, 1.54) is 6.92 Å². The first-order valence-electron chi connectivity index (χ1n) is 9.35. The fourth-order valence-corrected chi connectivity index (χ4v) is 3.17. The number of nitriles is 1. The number of ether oxygens (including phenoxy) is 1. The summed E-state index contributed by atoms with van der Waals surface area (Å²) in [7, 11) is 0. The Kier molecular flexibility index (Phi) is 6.63. The van der Waals surface area contributed by atoms with Gasteiger partial charge in [0.25, 0.3) is 5.56 Å². The van der Waals surface area contributed by atoms with Crippen LogP contribution in [-0.4, -0.2) is 22.1 Å². The van der Waals surface area contributed by atoms with Crippen LogP contribution in [0, 0.1) is 25.2 Å². The maximum absolute atomic E-state index is 12.9. The van der Waals surface area contributed by atoms with E-state index < -0.39 is 17.2 Å². The summed E-state index contributed by atoms with van der Waals surface area (Å²) in [6.07, 6.45) is 0.576. The van der Waals surface area contributed by atoms with Gasteiger partial charge in [-0.1, -0.05) is 32.9 Å². The number of benzene rings is 1. The van der Waals surface area contributed by atoms with Crippen LogP contribution < -0.4 is 10.3 Å². The zero-order valence-corrected chi connectivity index (χ0v) is 17.0. The summed E-state index contributed by atoms with van der Waals surface area (Å²) >= 11 is 0. The standard InChI is InChI=1S/C22H26N2O4/c1-6-9-24-21(26)17(11-23)15(5)20(22(24)27)18(25)12-28-19-10-14(4)7-8-16(19)13(2)3/h7-8,10,13,27H,6,9,12H2,1-5H3. The van der Waals surface area contributed by atoms with Crippen LogP contribution in [0.2, 0.25) is 0 Å². The Bertz CT molecular complexity index is 997. The van der Waals surface area contributed by atoms with E-state index in [0.717, 1.165) is 15.7 Å². The third-order valence-corrected chi connectivity index (χ3v) is 4.68. The number of ketones is 1. The van der Waals surface area contributed by atoms with Crippen molar-refractivity contribution in [3.63, 3.8) is 0 Å². The van der Waals surface area contributed by atoms with Crippen LogP contribution in [0.4, 0.5) is 0 Å². The van der Waals surface area contributed by atoms with Gasteiger partial charge in [0, 0.05) is 6.54 Å². The third-order valence-electron chi connectivity index (χ3n) is 4.68. The van der Waals surface area contributed by atoms with Gasteiger partial charge in [-0.15, -0.1) is 0 Å². The van der Waals surface area contributed by atoms with Gasteiger partial charge in [-0.3, -0.25) is 14.2 Å². The Morgan fingerprint density at radius 3 is 2.57 bits per heavy atom. The molecule has 0 aliphatic carbocycles. The number of carbonyl (C=O) groups excluding carboxylic acids is 1. The van der Waals surface area contributed by atoms with Gasteiger partial charge in [-0.05, 0) is 48.9 Å². The molecule has 0 bridgehead atoms. The molecule has 2 rings (SSSR count). The molecule has 1 N–H and O–H groups in total. The number of aryl methyl sites for hydroxylation is 1. The second kappa shape index (κ2) is 8.75. The third kappa shape index (κ3) is 4.09. The molecule has 2 aromatic rings. The second-order valence-corrected chi connectivity index (χ2v) is 7.18. The second-order valence-electron chi connectivity index (χ2n) is 7.18. The first-order valence-corrected chi connectivity index (χ1v) is 9.35. The summed E-state index contributed by atoms with van der Waals surface area (Å²) in [6.45, 7) is 9.27. The monoisotopic (exact) mass is 382 g/mol. The summed E-state index contributed by atoms with van der Waals surface area (Å²) < 4.78 is 6.85. The molecule has 0 saturated heterocycles. The SMILES string of the molecule is CCCn1c(O)c(C(=O)COc2cc(C)ccc2C(C)C)c(C)c(C#N)c1=O. The number of carbonyl (C=O) groups is 1. The van der Waals surface area contributed by atoms with Crippen LogP contribution in [0.5, 0.6) is 11.6 Å². The van der Waals surface area contributed by atoms with Crippen LogP contribution in [0.15, 0.2) is 23.0 Å². The molecule has 6 heteroatoms. The smallest absolute Gasteiger partial charge is 0.271 e. The van der Waals surface area contributed by atoms with Crippen LogP contribution in [-0.2, 0) is 6.54 Å². The highest BCUT2D eigenvalue weighted by atomic mass is 16.5. The van der Waals surface area contributed by atoms with E-state index in [9.17, 15) is 20.0 Å². The van der Waals surface area contributed by atoms with Crippen LogP contribution >= 0.6 is 0 Å². The number of Topliss-reactive ketones (excluding diaryl/α,β-unsaturated/α-hetero) is 1. The molecular formula is C22H26N2O4. The molecule has 0 aliphatic rings. The summed E-state index contributed by atoms with van der Waals surface area (Å²) in [5.74, 6) is -0.0572. The molecule has 0 atom stereocenters. The molecular weight excluding hydrogens is 356 g/mol. The molecule has 1 aromatic heterocycles. The van der Waals surface area contributed by atoms with Crippen molar-refractivity contribution < 1.29 is 14.6 Å². The Hall–Kier alpha value is -3.07. The van der Waals surface area contributed by atoms with Crippen molar-refractivity contribution in [2.75, 3.05) is 6.61 Å². The molecule has 0 fully saturated rings. The lowest BCUT2D eigenvalue weighted by Gasteiger charge is -2.17. The van der Waals surface area contributed by atoms with Gasteiger partial charge in [0.2, 0.25) is 11.7 Å². The predicted octanol–water partition coefficient (Wildman–Crippen LogP) is 3.84. The average Bonchev–Trinajstić information content (AvgIpc) is 2.63. The largest absolute Gasteiger partial charge is 0.494 e. The molecule has 0 unspecified atom stereocenters. The lowest BCUT2D eigenvalue weighted by Crippen LogP contribution is -2.27. The van der Waals surface area contributed by atoms with Crippen molar-refractivity contribution in [3.8, 4) is 17.7 Å². The van der Waals surface area contributed by atoms with Crippen molar-refractivity contribution in [1.82, 2.24) is 4.57 Å². The van der Waals surface area contributed by atoms with E-state index >= 15 is 0 Å². The minimum Gasteiger partial charge on any atom is -0.494 e. The van der Waals surface area contributed by atoms with Gasteiger partial charge in [-0.2, -0.15) is 5.26 Å². The molecule has 0 radical (unpaired) electrons. The summed E-state index contributed by atoms with van der Waals surface area (Å²) in [6, 6.07) is 7.68. The number of aromatic hydroxyl groups is 1. The number of nitrogens with zero attached hydrogens (tertiary/aromatic N) is 2. The van der Waals surface area contributed by atoms with Gasteiger partial charge in [0.1, 0.15) is 17.4 Å². The normalized spacial score (nSPS) is 10.8. The predicted molar refractivity (Wildman–Crippen MR) is 107 cm³/mol. The minimum atomic E-state index is -0.586. The number of aromatic nitrogens is 1. The zero-order valence-electron chi connectivity index (χ0n) is 17.0. The fourth-order valence-electron chi connectivity index (χ4n) is 3.17. The van der Waals surface area contributed by atoms with Crippen molar-refractivity contribution in [2.45, 2.75) is 53.5 Å². The molecule has 0 spiro atoms. The van der Waals surface area contributed by atoms with Gasteiger partial charge in [-0.25, -0.2) is 0 Å². The summed E-state index contributed by atoms with van der Waals surface area (Å²) in [4.78, 5) is 25.2. The molecule has 6 nitrogen and oxygen atoms in total. The molecule has 0 amide bonds. The number of pyridine rings is 1. The highest BCUT2D eigenvalue weighted by Gasteiger charge is 2.24. The van der Waals surface area contributed by atoms with Crippen LogP contribution in [0.3, 0.4) is 0 Å². The van der Waals surface area contributed by atoms with Crippen LogP contribution in [0.25, 0.3) is 0 Å². The number of hydrogen-bond acceptors (Lipinski definition) is 5. The van der Waals surface area contributed by atoms with E-state index in [4.69, 9.17) is 4.74 Å². The molecule has 28 heavy (non-hydrogen) atoms. The molecule has 1 aromatic carbocycles.